The van der Waals surface area contributed by atoms with Gasteiger partial charge in [0.25, 0.3) is 0 Å². The van der Waals surface area contributed by atoms with Crippen molar-refractivity contribution >= 4 is 11.6 Å². The number of halogens is 1. The van der Waals surface area contributed by atoms with Gasteiger partial charge < -0.3 is 10.0 Å². The maximum absolute atomic E-state index is 11.3. The highest BCUT2D eigenvalue weighted by Gasteiger charge is 2.31. The van der Waals surface area contributed by atoms with Crippen molar-refractivity contribution in [1.82, 2.24) is 4.90 Å². The smallest absolute Gasteiger partial charge is 0.115 e. The Morgan fingerprint density at radius 3 is 2.29 bits per heavy atom. The molecule has 1 atom stereocenters. The topological polar surface area (TPSA) is 23.5 Å². The van der Waals surface area contributed by atoms with Crippen LogP contribution in [0.2, 0.25) is 5.02 Å². The summed E-state index contributed by atoms with van der Waals surface area (Å²) in [6, 6.07) is 17.3. The van der Waals surface area contributed by atoms with Crippen LogP contribution in [0.5, 0.6) is 0 Å². The van der Waals surface area contributed by atoms with E-state index in [1.807, 2.05) is 68.7 Å². The van der Waals surface area contributed by atoms with E-state index in [-0.39, 0.29) is 0 Å². The van der Waals surface area contributed by atoms with Gasteiger partial charge in [0.1, 0.15) is 5.60 Å². The molecule has 0 aromatic heterocycles. The first kappa shape index (κ1) is 16.0. The van der Waals surface area contributed by atoms with E-state index in [0.717, 1.165) is 24.1 Å². The lowest BCUT2D eigenvalue weighted by molar-refractivity contribution is 0.0665. The van der Waals surface area contributed by atoms with Gasteiger partial charge in [-0.2, -0.15) is 0 Å². The van der Waals surface area contributed by atoms with E-state index < -0.39 is 5.60 Å². The SMILES string of the molecule is CN(C)CCCC(O)(c1ccccc1)c1cccc(Cl)c1. The summed E-state index contributed by atoms with van der Waals surface area (Å²) in [7, 11) is 4.09. The van der Waals surface area contributed by atoms with Crippen LogP contribution in [0.1, 0.15) is 24.0 Å². The number of hydrogen-bond donors (Lipinski definition) is 1. The van der Waals surface area contributed by atoms with Crippen molar-refractivity contribution < 1.29 is 5.11 Å². The van der Waals surface area contributed by atoms with E-state index in [4.69, 9.17) is 11.6 Å². The zero-order valence-electron chi connectivity index (χ0n) is 12.6. The third-order valence-electron chi connectivity index (χ3n) is 3.70. The van der Waals surface area contributed by atoms with Crippen molar-refractivity contribution in [2.75, 3.05) is 20.6 Å². The molecule has 1 N–H and O–H groups in total. The lowest BCUT2D eigenvalue weighted by Gasteiger charge is -2.30. The van der Waals surface area contributed by atoms with Gasteiger partial charge >= 0.3 is 0 Å². The molecule has 0 radical (unpaired) electrons. The highest BCUT2D eigenvalue weighted by atomic mass is 35.5. The monoisotopic (exact) mass is 303 g/mol. The molecule has 0 spiro atoms. The van der Waals surface area contributed by atoms with Crippen molar-refractivity contribution in [3.8, 4) is 0 Å². The largest absolute Gasteiger partial charge is 0.380 e. The zero-order chi connectivity index (χ0) is 15.3. The molecular weight excluding hydrogens is 282 g/mol. The van der Waals surface area contributed by atoms with Gasteiger partial charge in [-0.05, 0) is 56.7 Å². The summed E-state index contributed by atoms with van der Waals surface area (Å²) in [5, 5.41) is 12.0. The minimum atomic E-state index is -0.998. The van der Waals surface area contributed by atoms with E-state index in [9.17, 15) is 5.11 Å². The molecule has 0 aliphatic rings. The van der Waals surface area contributed by atoms with Gasteiger partial charge in [-0.25, -0.2) is 0 Å². The van der Waals surface area contributed by atoms with Crippen LogP contribution in [0.25, 0.3) is 0 Å². The molecule has 0 saturated heterocycles. The van der Waals surface area contributed by atoms with Crippen molar-refractivity contribution in [2.45, 2.75) is 18.4 Å². The van der Waals surface area contributed by atoms with E-state index in [0.29, 0.717) is 11.4 Å². The Hall–Kier alpha value is -1.35. The van der Waals surface area contributed by atoms with E-state index in [2.05, 4.69) is 4.90 Å². The predicted molar refractivity (Wildman–Crippen MR) is 88.7 cm³/mol. The Kier molecular flexibility index (Phi) is 5.40. The maximum Gasteiger partial charge on any atom is 0.115 e. The molecule has 2 nitrogen and oxygen atoms in total. The number of nitrogens with zero attached hydrogens (tertiary/aromatic N) is 1. The molecule has 0 aliphatic carbocycles. The summed E-state index contributed by atoms with van der Waals surface area (Å²) in [6.45, 7) is 0.940. The molecule has 3 heteroatoms. The summed E-state index contributed by atoms with van der Waals surface area (Å²) >= 11 is 6.10. The minimum Gasteiger partial charge on any atom is -0.380 e. The van der Waals surface area contributed by atoms with Crippen molar-refractivity contribution in [1.29, 1.82) is 0 Å². The molecule has 0 bridgehead atoms. The fourth-order valence-corrected chi connectivity index (χ4v) is 2.76. The standard InChI is InChI=1S/C18H22ClNO/c1-20(2)13-7-12-18(21,15-8-4-3-5-9-15)16-10-6-11-17(19)14-16/h3-6,8-11,14,21H,7,12-13H2,1-2H3. The lowest BCUT2D eigenvalue weighted by Crippen LogP contribution is -2.28. The summed E-state index contributed by atoms with van der Waals surface area (Å²) < 4.78 is 0. The summed E-state index contributed by atoms with van der Waals surface area (Å²) in [5.74, 6) is 0. The molecule has 2 aromatic carbocycles. The normalized spacial score (nSPS) is 14.1. The molecule has 2 aromatic rings. The van der Waals surface area contributed by atoms with Gasteiger partial charge in [-0.3, -0.25) is 0 Å². The third kappa shape index (κ3) is 4.07. The highest BCUT2D eigenvalue weighted by Crippen LogP contribution is 2.35. The first-order valence-electron chi connectivity index (χ1n) is 7.21. The third-order valence-corrected chi connectivity index (χ3v) is 3.93. The fraction of sp³-hybridized carbons (Fsp3) is 0.333. The van der Waals surface area contributed by atoms with Gasteiger partial charge in [0, 0.05) is 5.02 Å². The Morgan fingerprint density at radius 2 is 1.67 bits per heavy atom. The molecule has 0 heterocycles. The second-order valence-corrected chi connectivity index (χ2v) is 6.08. The second-order valence-electron chi connectivity index (χ2n) is 5.64. The molecule has 0 fully saturated rings. The lowest BCUT2D eigenvalue weighted by atomic mass is 9.82. The van der Waals surface area contributed by atoms with Crippen molar-refractivity contribution in [3.63, 3.8) is 0 Å². The number of rotatable bonds is 6. The van der Waals surface area contributed by atoms with Gasteiger partial charge in [0.2, 0.25) is 0 Å². The molecular formula is C18H22ClNO. The fourth-order valence-electron chi connectivity index (χ4n) is 2.57. The van der Waals surface area contributed by atoms with Gasteiger partial charge in [0.15, 0.2) is 0 Å². The molecule has 0 aliphatic heterocycles. The Balaban J connectivity index is 2.34. The molecule has 2 rings (SSSR count). The minimum absolute atomic E-state index is 0.648. The number of benzene rings is 2. The molecule has 21 heavy (non-hydrogen) atoms. The van der Waals surface area contributed by atoms with Crippen molar-refractivity contribution in [2.24, 2.45) is 0 Å². The average Bonchev–Trinajstić information content (AvgIpc) is 2.47. The van der Waals surface area contributed by atoms with Crippen LogP contribution in [-0.2, 0) is 5.60 Å². The molecule has 0 saturated carbocycles. The van der Waals surface area contributed by atoms with Crippen molar-refractivity contribution in [3.05, 3.63) is 70.7 Å². The second kappa shape index (κ2) is 7.08. The van der Waals surface area contributed by atoms with E-state index in [1.165, 1.54) is 0 Å². The van der Waals surface area contributed by atoms with Crippen LogP contribution in [0.15, 0.2) is 54.6 Å². The summed E-state index contributed by atoms with van der Waals surface area (Å²) in [5.41, 5.74) is 0.758. The summed E-state index contributed by atoms with van der Waals surface area (Å²) in [4.78, 5) is 2.13. The van der Waals surface area contributed by atoms with Crippen LogP contribution in [0.3, 0.4) is 0 Å². The first-order chi connectivity index (χ1) is 10.0. The van der Waals surface area contributed by atoms with Gasteiger partial charge in [-0.15, -0.1) is 0 Å². The van der Waals surface area contributed by atoms with Crippen LogP contribution in [0, 0.1) is 0 Å². The van der Waals surface area contributed by atoms with Crippen LogP contribution >= 0.6 is 11.6 Å². The predicted octanol–water partition coefficient (Wildman–Crippen LogP) is 3.92. The average molecular weight is 304 g/mol. The maximum atomic E-state index is 11.3. The molecule has 1 unspecified atom stereocenters. The van der Waals surface area contributed by atoms with Gasteiger partial charge in [0.05, 0.1) is 0 Å². The van der Waals surface area contributed by atoms with E-state index >= 15 is 0 Å². The van der Waals surface area contributed by atoms with Crippen LogP contribution < -0.4 is 0 Å². The van der Waals surface area contributed by atoms with Gasteiger partial charge in [-0.1, -0.05) is 54.1 Å². The number of aliphatic hydroxyl groups is 1. The Bertz CT molecular complexity index is 570. The molecule has 0 amide bonds. The highest BCUT2D eigenvalue weighted by molar-refractivity contribution is 6.30. The first-order valence-corrected chi connectivity index (χ1v) is 7.59. The zero-order valence-corrected chi connectivity index (χ0v) is 13.3. The summed E-state index contributed by atoms with van der Waals surface area (Å²) in [6.07, 6.45) is 1.57. The Morgan fingerprint density at radius 1 is 1.00 bits per heavy atom. The quantitative estimate of drug-likeness (QED) is 0.874. The Labute approximate surface area is 132 Å². The number of hydrogen-bond acceptors (Lipinski definition) is 2. The van der Waals surface area contributed by atoms with E-state index in [1.54, 1.807) is 0 Å². The van der Waals surface area contributed by atoms with Crippen LogP contribution in [0.4, 0.5) is 0 Å². The van der Waals surface area contributed by atoms with Crippen LogP contribution in [-0.4, -0.2) is 30.6 Å². The molecule has 112 valence electrons.